The van der Waals surface area contributed by atoms with E-state index in [0.717, 1.165) is 46.7 Å². The average molecular weight is 468 g/mol. The van der Waals surface area contributed by atoms with Gasteiger partial charge >= 0.3 is 0 Å². The van der Waals surface area contributed by atoms with Crippen LogP contribution in [-0.2, 0) is 24.7 Å². The minimum Gasteiger partial charge on any atom is -0.351 e. The predicted octanol–water partition coefficient (Wildman–Crippen LogP) is 4.06. The molecule has 5 aromatic rings. The fraction of sp³-hybridized carbons (Fsp3) is 0.296. The van der Waals surface area contributed by atoms with E-state index in [2.05, 4.69) is 63.5 Å². The molecule has 0 aliphatic carbocycles. The van der Waals surface area contributed by atoms with Crippen LogP contribution in [0.1, 0.15) is 53.9 Å². The molecule has 0 aliphatic rings. The van der Waals surface area contributed by atoms with Crippen molar-refractivity contribution in [2.75, 3.05) is 6.54 Å². The number of aromatic amines is 1. The Morgan fingerprint density at radius 2 is 1.86 bits per heavy atom. The largest absolute Gasteiger partial charge is 0.351 e. The van der Waals surface area contributed by atoms with Gasteiger partial charge in [-0.15, -0.1) is 10.2 Å². The zero-order valence-electron chi connectivity index (χ0n) is 20.2. The van der Waals surface area contributed by atoms with Gasteiger partial charge in [-0.3, -0.25) is 14.2 Å². The van der Waals surface area contributed by atoms with Gasteiger partial charge in [0.05, 0.1) is 16.6 Å². The third-order valence-corrected chi connectivity index (χ3v) is 5.99. The Labute approximate surface area is 203 Å². The maximum Gasteiger partial charge on any atom is 0.255 e. The summed E-state index contributed by atoms with van der Waals surface area (Å²) in [4.78, 5) is 25.4. The minimum atomic E-state index is -0.212. The summed E-state index contributed by atoms with van der Waals surface area (Å²) in [6.45, 7) is 6.75. The van der Waals surface area contributed by atoms with Gasteiger partial charge in [0, 0.05) is 37.0 Å². The predicted molar refractivity (Wildman–Crippen MR) is 135 cm³/mol. The molecule has 2 N–H and O–H groups in total. The zero-order chi connectivity index (χ0) is 24.4. The van der Waals surface area contributed by atoms with Crippen molar-refractivity contribution in [3.63, 3.8) is 0 Å². The van der Waals surface area contributed by atoms with E-state index in [1.54, 1.807) is 6.20 Å². The second kappa shape index (κ2) is 9.29. The maximum atomic E-state index is 13.3. The van der Waals surface area contributed by atoms with Crippen molar-refractivity contribution in [2.24, 2.45) is 0 Å². The fourth-order valence-corrected chi connectivity index (χ4v) is 4.21. The summed E-state index contributed by atoms with van der Waals surface area (Å²) >= 11 is 0. The number of nitrogens with one attached hydrogen (secondary N) is 2. The Balaban J connectivity index is 1.38. The fourth-order valence-electron chi connectivity index (χ4n) is 4.21. The van der Waals surface area contributed by atoms with Crippen LogP contribution < -0.4 is 5.32 Å². The first-order chi connectivity index (χ1) is 16.9. The average Bonchev–Trinajstić information content (AvgIpc) is 3.46. The summed E-state index contributed by atoms with van der Waals surface area (Å²) in [5.41, 5.74) is 5.02. The molecule has 0 saturated heterocycles. The molecular formula is C27H29N7O. The lowest BCUT2D eigenvalue weighted by atomic mass is 9.95. The lowest BCUT2D eigenvalue weighted by Crippen LogP contribution is -2.27. The second-order valence-electron chi connectivity index (χ2n) is 9.80. The maximum absolute atomic E-state index is 13.3. The van der Waals surface area contributed by atoms with E-state index < -0.39 is 0 Å². The SMILES string of the molecule is CC(C)(C)c1nnc2c(C(=O)NCCc3nc4ccccc4[nH]3)cc(CCc3cccnc3)cn12. The number of imidazole rings is 1. The molecule has 1 aromatic carbocycles. The molecule has 8 heteroatoms. The van der Waals surface area contributed by atoms with Gasteiger partial charge in [0.25, 0.3) is 5.91 Å². The molecule has 0 fully saturated rings. The Morgan fingerprint density at radius 1 is 1.03 bits per heavy atom. The molecule has 0 atom stereocenters. The summed E-state index contributed by atoms with van der Waals surface area (Å²) in [7, 11) is 0. The van der Waals surface area contributed by atoms with E-state index in [-0.39, 0.29) is 11.3 Å². The first-order valence-electron chi connectivity index (χ1n) is 11.9. The van der Waals surface area contributed by atoms with Crippen LogP contribution in [0.25, 0.3) is 16.7 Å². The lowest BCUT2D eigenvalue weighted by molar-refractivity contribution is 0.0955. The smallest absolute Gasteiger partial charge is 0.255 e. The van der Waals surface area contributed by atoms with Crippen LogP contribution in [-0.4, -0.2) is 42.0 Å². The number of hydrogen-bond acceptors (Lipinski definition) is 5. The number of H-pyrrole nitrogens is 1. The molecule has 8 nitrogen and oxygen atoms in total. The van der Waals surface area contributed by atoms with Gasteiger partial charge in [-0.25, -0.2) is 4.98 Å². The third-order valence-electron chi connectivity index (χ3n) is 5.99. The van der Waals surface area contributed by atoms with Crippen molar-refractivity contribution in [2.45, 2.75) is 45.4 Å². The van der Waals surface area contributed by atoms with Crippen LogP contribution in [0.15, 0.2) is 61.1 Å². The number of fused-ring (bicyclic) bond motifs is 2. The highest BCUT2D eigenvalue weighted by molar-refractivity contribution is 6.00. The van der Waals surface area contributed by atoms with Gasteiger partial charge in [0.15, 0.2) is 5.65 Å². The van der Waals surface area contributed by atoms with Crippen LogP contribution >= 0.6 is 0 Å². The number of pyridine rings is 2. The van der Waals surface area contributed by atoms with Gasteiger partial charge in [0.1, 0.15) is 11.6 Å². The van der Waals surface area contributed by atoms with Crippen LogP contribution in [0.3, 0.4) is 0 Å². The number of carbonyl (C=O) groups is 1. The molecule has 0 saturated carbocycles. The van der Waals surface area contributed by atoms with Gasteiger partial charge in [0.2, 0.25) is 0 Å². The van der Waals surface area contributed by atoms with Gasteiger partial charge in [-0.1, -0.05) is 39.0 Å². The van der Waals surface area contributed by atoms with E-state index in [9.17, 15) is 4.79 Å². The Kier molecular flexibility index (Phi) is 6.03. The molecule has 0 unspecified atom stereocenters. The summed E-state index contributed by atoms with van der Waals surface area (Å²) < 4.78 is 1.97. The standard InChI is InChI=1S/C27H29N7O/c1-27(2,3)26-33-32-24-20(15-19(17-34(24)26)11-10-18-7-6-13-28-16-18)25(35)29-14-12-23-30-21-8-4-5-9-22(21)31-23/h4-9,13,15-17H,10-12,14H2,1-3H3,(H,29,35)(H,30,31). The molecule has 178 valence electrons. The molecule has 5 rings (SSSR count). The first kappa shape index (κ1) is 22.7. The van der Waals surface area contributed by atoms with Crippen LogP contribution in [0.5, 0.6) is 0 Å². The molecule has 0 radical (unpaired) electrons. The number of aromatic nitrogens is 6. The molecule has 0 bridgehead atoms. The van der Waals surface area contributed by atoms with Crippen molar-refractivity contribution < 1.29 is 4.79 Å². The summed E-state index contributed by atoms with van der Waals surface area (Å²) in [5, 5.41) is 11.9. The van der Waals surface area contributed by atoms with Crippen molar-refractivity contribution in [3.8, 4) is 0 Å². The molecule has 1 amide bonds. The van der Waals surface area contributed by atoms with E-state index in [4.69, 9.17) is 0 Å². The number of rotatable bonds is 7. The third kappa shape index (κ3) is 4.91. The van der Waals surface area contributed by atoms with Crippen LogP contribution in [0.2, 0.25) is 0 Å². The summed E-state index contributed by atoms with van der Waals surface area (Å²) in [6, 6.07) is 13.8. The number of benzene rings is 1. The number of aryl methyl sites for hydroxylation is 2. The first-order valence-corrected chi connectivity index (χ1v) is 11.9. The van der Waals surface area contributed by atoms with E-state index in [0.29, 0.717) is 24.2 Å². The molecular weight excluding hydrogens is 438 g/mol. The Morgan fingerprint density at radius 3 is 2.63 bits per heavy atom. The zero-order valence-corrected chi connectivity index (χ0v) is 20.2. The highest BCUT2D eigenvalue weighted by atomic mass is 16.1. The number of hydrogen-bond donors (Lipinski definition) is 2. The number of nitrogens with zero attached hydrogens (tertiary/aromatic N) is 5. The Bertz CT molecular complexity index is 1450. The number of para-hydroxylation sites is 2. The summed E-state index contributed by atoms with van der Waals surface area (Å²) in [6.07, 6.45) is 7.93. The highest BCUT2D eigenvalue weighted by Gasteiger charge is 2.24. The number of carbonyl (C=O) groups excluding carboxylic acids is 1. The van der Waals surface area contributed by atoms with Crippen molar-refractivity contribution in [1.82, 2.24) is 34.9 Å². The minimum absolute atomic E-state index is 0.165. The number of amides is 1. The normalized spacial score (nSPS) is 11.9. The molecule has 0 aliphatic heterocycles. The van der Waals surface area contributed by atoms with Crippen molar-refractivity contribution >= 4 is 22.6 Å². The van der Waals surface area contributed by atoms with E-state index in [1.165, 1.54) is 0 Å². The molecule has 4 heterocycles. The van der Waals surface area contributed by atoms with E-state index in [1.807, 2.05) is 47.0 Å². The highest BCUT2D eigenvalue weighted by Crippen LogP contribution is 2.24. The monoisotopic (exact) mass is 467 g/mol. The topological polar surface area (TPSA) is 101 Å². The second-order valence-corrected chi connectivity index (χ2v) is 9.80. The van der Waals surface area contributed by atoms with Gasteiger partial charge in [-0.05, 0) is 48.2 Å². The van der Waals surface area contributed by atoms with E-state index >= 15 is 0 Å². The Hall–Kier alpha value is -4.07. The quantitative estimate of drug-likeness (QED) is 0.376. The van der Waals surface area contributed by atoms with Crippen LogP contribution in [0, 0.1) is 0 Å². The van der Waals surface area contributed by atoms with Crippen molar-refractivity contribution in [3.05, 3.63) is 89.4 Å². The van der Waals surface area contributed by atoms with Crippen molar-refractivity contribution in [1.29, 1.82) is 0 Å². The summed E-state index contributed by atoms with van der Waals surface area (Å²) in [5.74, 6) is 1.51. The lowest BCUT2D eigenvalue weighted by Gasteiger charge is -2.17. The van der Waals surface area contributed by atoms with Gasteiger partial charge in [-0.2, -0.15) is 0 Å². The van der Waals surface area contributed by atoms with Crippen LogP contribution in [0.4, 0.5) is 0 Å². The molecule has 4 aromatic heterocycles. The molecule has 0 spiro atoms. The van der Waals surface area contributed by atoms with Gasteiger partial charge < -0.3 is 10.3 Å². The molecule has 35 heavy (non-hydrogen) atoms.